The van der Waals surface area contributed by atoms with Gasteiger partial charge < -0.3 is 0 Å². The Bertz CT molecular complexity index is 475. The molecule has 0 atom stereocenters. The zero-order valence-electron chi connectivity index (χ0n) is 21.7. The van der Waals surface area contributed by atoms with Crippen LogP contribution in [0.3, 0.4) is 0 Å². The summed E-state index contributed by atoms with van der Waals surface area (Å²) >= 11 is 0. The molecule has 2 heteroatoms. The highest BCUT2D eigenvalue weighted by atomic mass is 16.1. The summed E-state index contributed by atoms with van der Waals surface area (Å²) in [5.74, 6) is -0.126. The van der Waals surface area contributed by atoms with Gasteiger partial charge in [-0.1, -0.05) is 142 Å². The van der Waals surface area contributed by atoms with Gasteiger partial charge in [-0.05, 0) is 31.8 Å². The minimum Gasteiger partial charge on any atom is -0.298 e. The normalized spacial score (nSPS) is 12.0. The van der Waals surface area contributed by atoms with E-state index in [9.17, 15) is 9.59 Å². The summed E-state index contributed by atoms with van der Waals surface area (Å²) in [6.45, 7) is 4.52. The second-order valence-corrected chi connectivity index (χ2v) is 9.49. The van der Waals surface area contributed by atoms with Crippen molar-refractivity contribution in [2.45, 2.75) is 155 Å². The number of carbonyl (C=O) groups excluding carboxylic acids is 2. The molecule has 0 saturated carbocycles. The Labute approximate surface area is 200 Å². The van der Waals surface area contributed by atoms with E-state index < -0.39 is 0 Å². The quantitative estimate of drug-likeness (QED) is 0.0459. The molecule has 186 valence electrons. The maximum atomic E-state index is 12.2. The monoisotopic (exact) mass is 446 g/mol. The number of hydrogen-bond acceptors (Lipinski definition) is 2. The highest BCUT2D eigenvalue weighted by molar-refractivity contribution is 6.17. The number of rotatable bonds is 25. The van der Waals surface area contributed by atoms with Crippen molar-refractivity contribution in [2.75, 3.05) is 0 Å². The maximum absolute atomic E-state index is 12.2. The Kier molecular flexibility index (Phi) is 25.1. The van der Waals surface area contributed by atoms with Gasteiger partial charge in [-0.25, -0.2) is 0 Å². The van der Waals surface area contributed by atoms with Gasteiger partial charge in [-0.3, -0.25) is 9.59 Å². The van der Waals surface area contributed by atoms with Gasteiger partial charge in [-0.15, -0.1) is 0 Å². The molecule has 0 bridgehead atoms. The molecule has 0 N–H and O–H groups in total. The van der Waals surface area contributed by atoms with Crippen LogP contribution < -0.4 is 0 Å². The highest BCUT2D eigenvalue weighted by Gasteiger charge is 2.03. The molecule has 2 nitrogen and oxygen atoms in total. The summed E-state index contributed by atoms with van der Waals surface area (Å²) in [6, 6.07) is 0. The van der Waals surface area contributed by atoms with E-state index in [1.54, 1.807) is 6.08 Å². The summed E-state index contributed by atoms with van der Waals surface area (Å²) < 4.78 is 0. The third-order valence-electron chi connectivity index (χ3n) is 6.33. The van der Waals surface area contributed by atoms with Crippen molar-refractivity contribution in [2.24, 2.45) is 0 Å². The summed E-state index contributed by atoms with van der Waals surface area (Å²) in [7, 11) is 0. The third kappa shape index (κ3) is 22.0. The van der Waals surface area contributed by atoms with Gasteiger partial charge in [0.25, 0.3) is 0 Å². The zero-order valence-corrected chi connectivity index (χ0v) is 21.7. The molecule has 0 radical (unpaired) electrons. The first-order chi connectivity index (χ1) is 15.8. The van der Waals surface area contributed by atoms with Crippen molar-refractivity contribution < 1.29 is 9.59 Å². The van der Waals surface area contributed by atoms with Gasteiger partial charge in [0, 0.05) is 0 Å². The second-order valence-electron chi connectivity index (χ2n) is 9.49. The Hall–Kier alpha value is -1.18. The van der Waals surface area contributed by atoms with Gasteiger partial charge in [0.2, 0.25) is 0 Å². The molecule has 0 aliphatic carbocycles. The Morgan fingerprint density at radius 1 is 0.531 bits per heavy atom. The molecule has 0 aromatic carbocycles. The van der Waals surface area contributed by atoms with Crippen LogP contribution in [0.15, 0.2) is 23.8 Å². The van der Waals surface area contributed by atoms with Crippen LogP contribution in [-0.2, 0) is 9.59 Å². The molecule has 0 aromatic rings. The predicted octanol–water partition coefficient (Wildman–Crippen LogP) is 9.86. The van der Waals surface area contributed by atoms with Gasteiger partial charge >= 0.3 is 0 Å². The van der Waals surface area contributed by atoms with E-state index >= 15 is 0 Å². The number of aldehydes is 1. The minimum atomic E-state index is -0.126. The Balaban J connectivity index is 3.66. The molecule has 0 amide bonds. The van der Waals surface area contributed by atoms with Crippen LogP contribution in [0.5, 0.6) is 0 Å². The number of allylic oxidation sites excluding steroid dienone is 4. The maximum Gasteiger partial charge on any atom is 0.188 e. The lowest BCUT2D eigenvalue weighted by Gasteiger charge is -2.02. The van der Waals surface area contributed by atoms with E-state index in [-0.39, 0.29) is 5.78 Å². The number of hydrogen-bond donors (Lipinski definition) is 0. The molecule has 0 heterocycles. The highest BCUT2D eigenvalue weighted by Crippen LogP contribution is 2.13. The van der Waals surface area contributed by atoms with Crippen molar-refractivity contribution in [3.05, 3.63) is 23.8 Å². The Morgan fingerprint density at radius 2 is 0.906 bits per heavy atom. The third-order valence-corrected chi connectivity index (χ3v) is 6.33. The van der Waals surface area contributed by atoms with Gasteiger partial charge in [0.05, 0.1) is 5.57 Å². The van der Waals surface area contributed by atoms with Crippen LogP contribution in [0.25, 0.3) is 0 Å². The molecule has 0 unspecified atom stereocenters. The lowest BCUT2D eigenvalue weighted by molar-refractivity contribution is -0.114. The van der Waals surface area contributed by atoms with Crippen LogP contribution in [0.4, 0.5) is 0 Å². The Morgan fingerprint density at radius 3 is 1.31 bits per heavy atom. The number of carbonyl (C=O) groups is 2. The molecule has 0 fully saturated rings. The number of ketones is 1. The van der Waals surface area contributed by atoms with E-state index in [0.717, 1.165) is 32.0 Å². The summed E-state index contributed by atoms with van der Waals surface area (Å²) in [5.41, 5.74) is 0.334. The lowest BCUT2D eigenvalue weighted by Crippen LogP contribution is -2.00. The molecule has 0 aromatic heterocycles. The van der Waals surface area contributed by atoms with Crippen LogP contribution in [-0.4, -0.2) is 12.1 Å². The first-order valence-corrected chi connectivity index (χ1v) is 14.1. The summed E-state index contributed by atoms with van der Waals surface area (Å²) in [5, 5.41) is 0. The van der Waals surface area contributed by atoms with Crippen molar-refractivity contribution in [1.82, 2.24) is 0 Å². The van der Waals surface area contributed by atoms with E-state index in [1.807, 2.05) is 12.2 Å². The van der Waals surface area contributed by atoms with Crippen molar-refractivity contribution in [3.8, 4) is 0 Å². The van der Waals surface area contributed by atoms with Gasteiger partial charge in [0.15, 0.2) is 12.1 Å². The first-order valence-electron chi connectivity index (χ1n) is 14.1. The summed E-state index contributed by atoms with van der Waals surface area (Å²) in [6.07, 6.45) is 34.2. The van der Waals surface area contributed by atoms with E-state index in [2.05, 4.69) is 13.8 Å². The van der Waals surface area contributed by atoms with Crippen LogP contribution in [0, 0.1) is 0 Å². The van der Waals surface area contributed by atoms with Crippen LogP contribution in [0.1, 0.15) is 155 Å². The fourth-order valence-electron chi connectivity index (χ4n) is 4.13. The van der Waals surface area contributed by atoms with Crippen molar-refractivity contribution in [3.63, 3.8) is 0 Å². The second kappa shape index (κ2) is 26.1. The molecule has 32 heavy (non-hydrogen) atoms. The topological polar surface area (TPSA) is 34.1 Å². The molecular formula is C30H54O2. The van der Waals surface area contributed by atoms with Crippen molar-refractivity contribution >= 4 is 12.1 Å². The van der Waals surface area contributed by atoms with Gasteiger partial charge in [0.1, 0.15) is 0 Å². The van der Waals surface area contributed by atoms with Gasteiger partial charge in [-0.2, -0.15) is 0 Å². The smallest absolute Gasteiger partial charge is 0.188 e. The standard InChI is InChI=1S/C30H54O2/c1-3-5-7-9-11-13-15-17-18-20-22-24-26-29(28-31)30(32)27-25-23-21-19-16-14-12-10-8-6-4-2/h25-28H,3-24H2,1-2H3. The average molecular weight is 447 g/mol. The molecule has 0 saturated heterocycles. The molecule has 0 spiro atoms. The minimum absolute atomic E-state index is 0.126. The summed E-state index contributed by atoms with van der Waals surface area (Å²) in [4.78, 5) is 23.4. The fourth-order valence-corrected chi connectivity index (χ4v) is 4.13. The van der Waals surface area contributed by atoms with Crippen LogP contribution in [0.2, 0.25) is 0 Å². The molecule has 0 aliphatic heterocycles. The zero-order chi connectivity index (χ0) is 23.5. The van der Waals surface area contributed by atoms with E-state index in [0.29, 0.717) is 5.57 Å². The molecular weight excluding hydrogens is 392 g/mol. The fraction of sp³-hybridized carbons (Fsp3) is 0.800. The molecule has 0 rings (SSSR count). The molecule has 0 aliphatic rings. The SMILES string of the molecule is CCCCCCCCCCCC=CC(=O)C(C=O)=CCCCCCCCCCCCCC. The number of unbranched alkanes of at least 4 members (excludes halogenated alkanes) is 20. The van der Waals surface area contributed by atoms with E-state index in [1.165, 1.54) is 116 Å². The average Bonchev–Trinajstić information content (AvgIpc) is 2.80. The van der Waals surface area contributed by atoms with E-state index in [4.69, 9.17) is 0 Å². The predicted molar refractivity (Wildman–Crippen MR) is 141 cm³/mol. The lowest BCUT2D eigenvalue weighted by atomic mass is 10.0. The van der Waals surface area contributed by atoms with Crippen molar-refractivity contribution in [1.29, 1.82) is 0 Å². The first kappa shape index (κ1) is 30.8. The largest absolute Gasteiger partial charge is 0.298 e. The van der Waals surface area contributed by atoms with Crippen LogP contribution >= 0.6 is 0 Å².